The van der Waals surface area contributed by atoms with Gasteiger partial charge in [-0.15, -0.1) is 0 Å². The maximum Gasteiger partial charge on any atom is 0.226 e. The number of anilines is 1. The SMILES string of the molecule is Cc1ccn(C(C)CC(=O)Nc2ccc(C)c(F)c2)n1. The number of hydrogen-bond donors (Lipinski definition) is 1. The summed E-state index contributed by atoms with van der Waals surface area (Å²) in [7, 11) is 0. The van der Waals surface area contributed by atoms with Crippen LogP contribution in [-0.2, 0) is 4.79 Å². The largest absolute Gasteiger partial charge is 0.326 e. The van der Waals surface area contributed by atoms with Crippen molar-refractivity contribution in [3.8, 4) is 0 Å². The lowest BCUT2D eigenvalue weighted by Crippen LogP contribution is -2.18. The number of nitrogens with zero attached hydrogens (tertiary/aromatic N) is 2. The summed E-state index contributed by atoms with van der Waals surface area (Å²) in [6.45, 7) is 5.50. The molecule has 0 bridgehead atoms. The van der Waals surface area contributed by atoms with Gasteiger partial charge in [-0.1, -0.05) is 6.07 Å². The van der Waals surface area contributed by atoms with Crippen molar-refractivity contribution in [1.29, 1.82) is 0 Å². The minimum Gasteiger partial charge on any atom is -0.326 e. The van der Waals surface area contributed by atoms with Gasteiger partial charge in [0.05, 0.1) is 11.7 Å². The van der Waals surface area contributed by atoms with E-state index in [0.29, 0.717) is 11.3 Å². The standard InChI is InChI=1S/C15H18FN3O/c1-10-4-5-13(9-14(10)16)17-15(20)8-12(3)19-7-6-11(2)18-19/h4-7,9,12H,8H2,1-3H3,(H,17,20). The Labute approximate surface area is 117 Å². The maximum absolute atomic E-state index is 13.4. The monoisotopic (exact) mass is 275 g/mol. The van der Waals surface area contributed by atoms with E-state index >= 15 is 0 Å². The van der Waals surface area contributed by atoms with Crippen molar-refractivity contribution in [2.75, 3.05) is 5.32 Å². The molecule has 2 aromatic rings. The molecular weight excluding hydrogens is 257 g/mol. The van der Waals surface area contributed by atoms with Crippen LogP contribution in [-0.4, -0.2) is 15.7 Å². The Morgan fingerprint density at radius 3 is 2.75 bits per heavy atom. The van der Waals surface area contributed by atoms with E-state index in [0.717, 1.165) is 5.69 Å². The fourth-order valence-electron chi connectivity index (χ4n) is 1.92. The van der Waals surface area contributed by atoms with Crippen LogP contribution in [0.25, 0.3) is 0 Å². The van der Waals surface area contributed by atoms with Gasteiger partial charge in [-0.3, -0.25) is 9.48 Å². The summed E-state index contributed by atoms with van der Waals surface area (Å²) in [4.78, 5) is 11.9. The van der Waals surface area contributed by atoms with Crippen LogP contribution in [0.15, 0.2) is 30.5 Å². The zero-order chi connectivity index (χ0) is 14.7. The third kappa shape index (κ3) is 3.44. The van der Waals surface area contributed by atoms with Crippen molar-refractivity contribution >= 4 is 11.6 Å². The molecule has 1 aromatic heterocycles. The molecule has 1 atom stereocenters. The van der Waals surface area contributed by atoms with Crippen molar-refractivity contribution in [2.24, 2.45) is 0 Å². The average Bonchev–Trinajstić information content (AvgIpc) is 2.80. The second-order valence-corrected chi connectivity index (χ2v) is 5.00. The van der Waals surface area contributed by atoms with Crippen molar-refractivity contribution in [3.05, 3.63) is 47.5 Å². The fraction of sp³-hybridized carbons (Fsp3) is 0.333. The molecule has 1 aromatic carbocycles. The van der Waals surface area contributed by atoms with E-state index in [-0.39, 0.29) is 24.2 Å². The molecule has 1 unspecified atom stereocenters. The summed E-state index contributed by atoms with van der Waals surface area (Å²) in [5.41, 5.74) is 1.95. The van der Waals surface area contributed by atoms with Crippen molar-refractivity contribution in [1.82, 2.24) is 9.78 Å². The molecule has 0 aliphatic rings. The number of nitrogens with one attached hydrogen (secondary N) is 1. The number of carbonyl (C=O) groups excluding carboxylic acids is 1. The molecule has 106 valence electrons. The van der Waals surface area contributed by atoms with Crippen LogP contribution in [0.1, 0.15) is 30.6 Å². The molecule has 1 heterocycles. The van der Waals surface area contributed by atoms with E-state index in [9.17, 15) is 9.18 Å². The molecule has 20 heavy (non-hydrogen) atoms. The molecule has 0 aliphatic carbocycles. The van der Waals surface area contributed by atoms with Gasteiger partial charge in [-0.2, -0.15) is 5.10 Å². The number of rotatable bonds is 4. The third-order valence-corrected chi connectivity index (χ3v) is 3.13. The van der Waals surface area contributed by atoms with Crippen molar-refractivity contribution in [2.45, 2.75) is 33.2 Å². The number of halogens is 1. The number of amides is 1. The van der Waals surface area contributed by atoms with Gasteiger partial charge in [0.25, 0.3) is 0 Å². The second kappa shape index (κ2) is 5.86. The number of aromatic nitrogens is 2. The zero-order valence-corrected chi connectivity index (χ0v) is 11.9. The van der Waals surface area contributed by atoms with Crippen LogP contribution in [0.4, 0.5) is 10.1 Å². The first kappa shape index (κ1) is 14.2. The molecule has 2 rings (SSSR count). The first-order chi connectivity index (χ1) is 9.45. The summed E-state index contributed by atoms with van der Waals surface area (Å²) in [6.07, 6.45) is 2.13. The van der Waals surface area contributed by atoms with E-state index in [2.05, 4.69) is 10.4 Å². The zero-order valence-electron chi connectivity index (χ0n) is 11.9. The highest BCUT2D eigenvalue weighted by molar-refractivity contribution is 5.90. The van der Waals surface area contributed by atoms with Gasteiger partial charge in [0.1, 0.15) is 5.82 Å². The predicted molar refractivity (Wildman–Crippen MR) is 76.1 cm³/mol. The first-order valence-corrected chi connectivity index (χ1v) is 6.53. The van der Waals surface area contributed by atoms with Gasteiger partial charge in [-0.25, -0.2) is 4.39 Å². The molecule has 0 radical (unpaired) electrons. The molecule has 1 N–H and O–H groups in total. The van der Waals surface area contributed by atoms with Gasteiger partial charge in [0.15, 0.2) is 0 Å². The highest BCUT2D eigenvalue weighted by atomic mass is 19.1. The number of carbonyl (C=O) groups is 1. The summed E-state index contributed by atoms with van der Waals surface area (Å²) < 4.78 is 15.1. The highest BCUT2D eigenvalue weighted by Gasteiger charge is 2.12. The third-order valence-electron chi connectivity index (χ3n) is 3.13. The summed E-state index contributed by atoms with van der Waals surface area (Å²) in [5.74, 6) is -0.479. The molecule has 0 aliphatic heterocycles. The van der Waals surface area contributed by atoms with E-state index in [1.54, 1.807) is 23.7 Å². The normalized spacial score (nSPS) is 12.2. The topological polar surface area (TPSA) is 46.9 Å². The molecule has 0 spiro atoms. The lowest BCUT2D eigenvalue weighted by molar-refractivity contribution is -0.116. The minimum absolute atomic E-state index is 0.0426. The van der Waals surface area contributed by atoms with Gasteiger partial charge >= 0.3 is 0 Å². The van der Waals surface area contributed by atoms with Crippen LogP contribution in [0.3, 0.4) is 0 Å². The highest BCUT2D eigenvalue weighted by Crippen LogP contribution is 2.16. The summed E-state index contributed by atoms with van der Waals surface area (Å²) in [6, 6.07) is 6.52. The van der Waals surface area contributed by atoms with E-state index in [1.807, 2.05) is 26.1 Å². The van der Waals surface area contributed by atoms with E-state index in [1.165, 1.54) is 6.07 Å². The lowest BCUT2D eigenvalue weighted by Gasteiger charge is -2.12. The lowest BCUT2D eigenvalue weighted by atomic mass is 10.2. The van der Waals surface area contributed by atoms with Crippen LogP contribution in [0.2, 0.25) is 0 Å². The molecule has 0 fully saturated rings. The van der Waals surface area contributed by atoms with Crippen LogP contribution >= 0.6 is 0 Å². The van der Waals surface area contributed by atoms with Gasteiger partial charge in [0, 0.05) is 18.3 Å². The Hall–Kier alpha value is -2.17. The van der Waals surface area contributed by atoms with Gasteiger partial charge in [0.2, 0.25) is 5.91 Å². The maximum atomic E-state index is 13.4. The summed E-state index contributed by atoms with van der Waals surface area (Å²) >= 11 is 0. The fourth-order valence-corrected chi connectivity index (χ4v) is 1.92. The quantitative estimate of drug-likeness (QED) is 0.931. The first-order valence-electron chi connectivity index (χ1n) is 6.53. The number of hydrogen-bond acceptors (Lipinski definition) is 2. The average molecular weight is 275 g/mol. The molecule has 5 heteroatoms. The van der Waals surface area contributed by atoms with Crippen LogP contribution in [0.5, 0.6) is 0 Å². The minimum atomic E-state index is -0.321. The Balaban J connectivity index is 1.96. The van der Waals surface area contributed by atoms with Crippen LogP contribution in [0, 0.1) is 19.7 Å². The Bertz CT molecular complexity index is 621. The summed E-state index contributed by atoms with van der Waals surface area (Å²) in [5, 5.41) is 6.97. The van der Waals surface area contributed by atoms with Gasteiger partial charge in [-0.05, 0) is 44.5 Å². The van der Waals surface area contributed by atoms with Crippen molar-refractivity contribution < 1.29 is 9.18 Å². The molecule has 4 nitrogen and oxygen atoms in total. The van der Waals surface area contributed by atoms with Crippen LogP contribution < -0.4 is 5.32 Å². The molecule has 1 amide bonds. The van der Waals surface area contributed by atoms with E-state index < -0.39 is 0 Å². The number of aryl methyl sites for hydroxylation is 2. The predicted octanol–water partition coefficient (Wildman–Crippen LogP) is 3.23. The van der Waals surface area contributed by atoms with Gasteiger partial charge < -0.3 is 5.32 Å². The second-order valence-electron chi connectivity index (χ2n) is 5.00. The molecular formula is C15H18FN3O. The van der Waals surface area contributed by atoms with E-state index in [4.69, 9.17) is 0 Å². The Morgan fingerprint density at radius 1 is 1.40 bits per heavy atom. The Kier molecular flexibility index (Phi) is 4.17. The Morgan fingerprint density at radius 2 is 2.15 bits per heavy atom. The number of benzene rings is 1. The smallest absolute Gasteiger partial charge is 0.226 e. The molecule has 0 saturated heterocycles. The molecule has 0 saturated carbocycles. The van der Waals surface area contributed by atoms with Crippen molar-refractivity contribution in [3.63, 3.8) is 0 Å².